The van der Waals surface area contributed by atoms with Crippen LogP contribution in [0.4, 0.5) is 0 Å². The van der Waals surface area contributed by atoms with Crippen molar-refractivity contribution in [3.63, 3.8) is 0 Å². The molecule has 0 aliphatic rings. The van der Waals surface area contributed by atoms with Gasteiger partial charge in [-0.2, -0.15) is 0 Å². The van der Waals surface area contributed by atoms with Gasteiger partial charge in [-0.1, -0.05) is 37.9 Å². The molecule has 3 heteroatoms. The van der Waals surface area contributed by atoms with E-state index in [4.69, 9.17) is 0 Å². The lowest BCUT2D eigenvalue weighted by Crippen LogP contribution is -1.80. The molecule has 1 aromatic heterocycles. The van der Waals surface area contributed by atoms with Gasteiger partial charge in [0, 0.05) is 21.3 Å². The lowest BCUT2D eigenvalue weighted by Gasteiger charge is -2.04. The van der Waals surface area contributed by atoms with Crippen molar-refractivity contribution in [2.24, 2.45) is 0 Å². The first kappa shape index (κ1) is 9.87. The molecular formula is C11H7Br2N. The third kappa shape index (κ3) is 2.04. The number of hydrogen-bond donors (Lipinski definition) is 0. The van der Waals surface area contributed by atoms with Crippen LogP contribution in [0.15, 0.2) is 51.7 Å². The fourth-order valence-corrected chi connectivity index (χ4v) is 2.53. The zero-order valence-corrected chi connectivity index (χ0v) is 10.4. The van der Waals surface area contributed by atoms with E-state index in [1.807, 2.05) is 24.3 Å². The van der Waals surface area contributed by atoms with Crippen molar-refractivity contribution in [3.05, 3.63) is 51.7 Å². The van der Waals surface area contributed by atoms with E-state index < -0.39 is 0 Å². The molecule has 2 rings (SSSR count). The Bertz CT molecular complexity index is 440. The van der Waals surface area contributed by atoms with Crippen molar-refractivity contribution >= 4 is 31.9 Å². The van der Waals surface area contributed by atoms with Gasteiger partial charge in [0.1, 0.15) is 0 Å². The molecule has 0 amide bonds. The third-order valence-corrected chi connectivity index (χ3v) is 3.07. The second-order valence-electron chi connectivity index (χ2n) is 2.86. The average Bonchev–Trinajstić information content (AvgIpc) is 2.19. The normalized spacial score (nSPS) is 10.1. The number of halogens is 2. The van der Waals surface area contributed by atoms with Crippen LogP contribution in [0, 0.1) is 0 Å². The molecule has 1 heterocycles. The van der Waals surface area contributed by atoms with Gasteiger partial charge in [-0.3, -0.25) is 4.98 Å². The quantitative estimate of drug-likeness (QED) is 0.766. The van der Waals surface area contributed by atoms with E-state index in [-0.39, 0.29) is 0 Å². The highest BCUT2D eigenvalue weighted by molar-refractivity contribution is 9.11. The predicted octanol–water partition coefficient (Wildman–Crippen LogP) is 4.27. The number of hydrogen-bond acceptors (Lipinski definition) is 1. The zero-order chi connectivity index (χ0) is 9.97. The highest BCUT2D eigenvalue weighted by atomic mass is 79.9. The summed E-state index contributed by atoms with van der Waals surface area (Å²) in [5.41, 5.74) is 2.34. The Hall–Kier alpha value is -0.670. The van der Waals surface area contributed by atoms with Gasteiger partial charge in [0.15, 0.2) is 0 Å². The van der Waals surface area contributed by atoms with Crippen LogP contribution >= 0.6 is 31.9 Å². The van der Waals surface area contributed by atoms with Crippen molar-refractivity contribution in [3.8, 4) is 11.1 Å². The van der Waals surface area contributed by atoms with Gasteiger partial charge in [-0.15, -0.1) is 0 Å². The van der Waals surface area contributed by atoms with Crippen LogP contribution in [0.3, 0.4) is 0 Å². The van der Waals surface area contributed by atoms with E-state index in [0.29, 0.717) is 0 Å². The molecule has 0 fully saturated rings. The molecule has 0 spiro atoms. The molecular weight excluding hydrogens is 306 g/mol. The summed E-state index contributed by atoms with van der Waals surface area (Å²) in [7, 11) is 0. The molecule has 0 radical (unpaired) electrons. The smallest absolute Gasteiger partial charge is 0.0273 e. The molecule has 0 atom stereocenters. The summed E-state index contributed by atoms with van der Waals surface area (Å²) in [5, 5.41) is 0. The van der Waals surface area contributed by atoms with Gasteiger partial charge in [0.05, 0.1) is 0 Å². The van der Waals surface area contributed by atoms with Crippen LogP contribution in [0.1, 0.15) is 0 Å². The molecule has 2 aromatic rings. The van der Waals surface area contributed by atoms with Crippen LogP contribution in [-0.2, 0) is 0 Å². The highest BCUT2D eigenvalue weighted by Gasteiger charge is 2.02. The molecule has 70 valence electrons. The maximum Gasteiger partial charge on any atom is 0.0273 e. The summed E-state index contributed by atoms with van der Waals surface area (Å²) in [4.78, 5) is 3.99. The van der Waals surface area contributed by atoms with E-state index >= 15 is 0 Å². The van der Waals surface area contributed by atoms with Gasteiger partial charge in [-0.25, -0.2) is 0 Å². The Kier molecular flexibility index (Phi) is 2.99. The Morgan fingerprint density at radius 2 is 1.64 bits per heavy atom. The maximum atomic E-state index is 3.99. The lowest BCUT2D eigenvalue weighted by atomic mass is 10.1. The predicted molar refractivity (Wildman–Crippen MR) is 65.1 cm³/mol. The summed E-state index contributed by atoms with van der Waals surface area (Å²) in [6.45, 7) is 0. The molecule has 0 aliphatic heterocycles. The number of nitrogens with zero attached hydrogens (tertiary/aromatic N) is 1. The monoisotopic (exact) mass is 311 g/mol. The highest BCUT2D eigenvalue weighted by Crippen LogP contribution is 2.30. The molecule has 0 saturated carbocycles. The molecule has 0 saturated heterocycles. The van der Waals surface area contributed by atoms with E-state index in [0.717, 1.165) is 8.95 Å². The second-order valence-corrected chi connectivity index (χ2v) is 4.63. The van der Waals surface area contributed by atoms with Crippen LogP contribution in [0.25, 0.3) is 11.1 Å². The Labute approximate surface area is 99.4 Å². The van der Waals surface area contributed by atoms with Gasteiger partial charge >= 0.3 is 0 Å². The zero-order valence-electron chi connectivity index (χ0n) is 7.24. The molecule has 14 heavy (non-hydrogen) atoms. The molecule has 1 aromatic carbocycles. The molecule has 1 nitrogen and oxygen atoms in total. The van der Waals surface area contributed by atoms with Crippen molar-refractivity contribution in [2.75, 3.05) is 0 Å². The van der Waals surface area contributed by atoms with Crippen LogP contribution in [0.5, 0.6) is 0 Å². The molecule has 0 N–H and O–H groups in total. The molecule has 0 bridgehead atoms. The largest absolute Gasteiger partial charge is 0.265 e. The number of rotatable bonds is 1. The fraction of sp³-hybridized carbons (Fsp3) is 0. The minimum atomic E-state index is 1.07. The fourth-order valence-electron chi connectivity index (χ4n) is 1.26. The van der Waals surface area contributed by atoms with E-state index in [1.165, 1.54) is 11.1 Å². The third-order valence-electron chi connectivity index (χ3n) is 1.92. The first-order valence-corrected chi connectivity index (χ1v) is 5.71. The van der Waals surface area contributed by atoms with Gasteiger partial charge in [0.25, 0.3) is 0 Å². The lowest BCUT2D eigenvalue weighted by molar-refractivity contribution is 1.33. The summed E-state index contributed by atoms with van der Waals surface area (Å²) in [6.07, 6.45) is 3.59. The standard InChI is InChI=1S/C11H7Br2N/c12-9-1-2-10(11(13)7-9)8-3-5-14-6-4-8/h1-7H. The average molecular weight is 313 g/mol. The van der Waals surface area contributed by atoms with Crippen LogP contribution in [-0.4, -0.2) is 4.98 Å². The Balaban J connectivity index is 2.53. The van der Waals surface area contributed by atoms with E-state index in [2.05, 4.69) is 42.9 Å². The first-order valence-electron chi connectivity index (χ1n) is 4.13. The first-order chi connectivity index (χ1) is 6.77. The van der Waals surface area contributed by atoms with Gasteiger partial charge in [-0.05, 0) is 35.4 Å². The molecule has 0 unspecified atom stereocenters. The van der Waals surface area contributed by atoms with E-state index in [9.17, 15) is 0 Å². The van der Waals surface area contributed by atoms with Crippen molar-refractivity contribution in [2.45, 2.75) is 0 Å². The minimum absolute atomic E-state index is 1.07. The summed E-state index contributed by atoms with van der Waals surface area (Å²) >= 11 is 6.96. The SMILES string of the molecule is Brc1ccc(-c2ccncc2)c(Br)c1. The van der Waals surface area contributed by atoms with Crippen molar-refractivity contribution < 1.29 is 0 Å². The maximum absolute atomic E-state index is 3.99. The minimum Gasteiger partial charge on any atom is -0.265 e. The summed E-state index contributed by atoms with van der Waals surface area (Å²) < 4.78 is 2.15. The van der Waals surface area contributed by atoms with Gasteiger partial charge < -0.3 is 0 Å². The molecule has 0 aliphatic carbocycles. The number of pyridine rings is 1. The topological polar surface area (TPSA) is 12.9 Å². The van der Waals surface area contributed by atoms with Crippen molar-refractivity contribution in [1.82, 2.24) is 4.98 Å². The number of benzene rings is 1. The van der Waals surface area contributed by atoms with Crippen LogP contribution < -0.4 is 0 Å². The van der Waals surface area contributed by atoms with Crippen LogP contribution in [0.2, 0.25) is 0 Å². The summed E-state index contributed by atoms with van der Waals surface area (Å²) in [5.74, 6) is 0. The Morgan fingerprint density at radius 3 is 2.29 bits per heavy atom. The summed E-state index contributed by atoms with van der Waals surface area (Å²) in [6, 6.07) is 10.1. The second kappa shape index (κ2) is 4.24. The Morgan fingerprint density at radius 1 is 0.929 bits per heavy atom. The van der Waals surface area contributed by atoms with Gasteiger partial charge in [0.2, 0.25) is 0 Å². The van der Waals surface area contributed by atoms with E-state index in [1.54, 1.807) is 12.4 Å². The number of aromatic nitrogens is 1. The van der Waals surface area contributed by atoms with Crippen molar-refractivity contribution in [1.29, 1.82) is 0 Å².